The van der Waals surface area contributed by atoms with Gasteiger partial charge in [0.25, 0.3) is 0 Å². The van der Waals surface area contributed by atoms with Gasteiger partial charge in [0.2, 0.25) is 0 Å². The maximum absolute atomic E-state index is 12.8. The fourth-order valence-electron chi connectivity index (χ4n) is 7.33. The Kier molecular flexibility index (Phi) is 5.54. The van der Waals surface area contributed by atoms with Crippen molar-refractivity contribution >= 4 is 39.6 Å². The molecule has 4 saturated carbocycles. The van der Waals surface area contributed by atoms with Gasteiger partial charge in [-0.15, -0.1) is 0 Å². The minimum atomic E-state index is -0.898. The van der Waals surface area contributed by atoms with Crippen LogP contribution in [-0.2, 0) is 9.59 Å². The van der Waals surface area contributed by atoms with Crippen molar-refractivity contribution in [3.8, 4) is 0 Å². The van der Waals surface area contributed by atoms with Crippen LogP contribution in [0.25, 0.3) is 21.9 Å². The van der Waals surface area contributed by atoms with E-state index in [2.05, 4.69) is 30.4 Å². The van der Waals surface area contributed by atoms with E-state index in [1.807, 2.05) is 6.07 Å². The van der Waals surface area contributed by atoms with Gasteiger partial charge in [-0.3, -0.25) is 19.4 Å². The standard InChI is InChI=1S/C25H32N6O5/c1-12(33)4-16(11-32)28-23(34)24(35)29-22-18-10-27-21-17(2-3-26-21)20(18)31(30-22)19-14-5-13-6-15(19)9-25(36,7-13)8-14/h2-3,10,12-16,19,30,32-33,36H,4-9,11H2,1H3,(H,28,34)(H,29,35)/t12?,13?,14-,15+,16-,19?,25?/m0/s1. The molecule has 0 aliphatic heterocycles. The van der Waals surface area contributed by atoms with Crippen LogP contribution >= 0.6 is 0 Å². The number of aromatic amines is 1. The van der Waals surface area contributed by atoms with E-state index in [0.29, 0.717) is 34.6 Å². The lowest BCUT2D eigenvalue weighted by Gasteiger charge is -2.58. The first-order valence-electron chi connectivity index (χ1n) is 12.7. The number of carbonyl (C=O) groups is 2. The number of fused-ring (bicyclic) bond motifs is 3. The minimum Gasteiger partial charge on any atom is -0.394 e. The van der Waals surface area contributed by atoms with Gasteiger partial charge in [0.15, 0.2) is 5.65 Å². The molecule has 6 N–H and O–H groups in total. The molecule has 0 aromatic carbocycles. The fraction of sp³-hybridized carbons (Fsp3) is 0.600. The highest BCUT2D eigenvalue weighted by Gasteiger charge is 2.55. The molecule has 3 aromatic rings. The number of H-pyrrole nitrogens is 1. The van der Waals surface area contributed by atoms with Crippen molar-refractivity contribution in [1.82, 2.24) is 25.1 Å². The van der Waals surface area contributed by atoms with Crippen LogP contribution in [0.1, 0.15) is 51.5 Å². The Balaban J connectivity index is 1.35. The average Bonchev–Trinajstić information content (AvgIpc) is 3.41. The molecule has 36 heavy (non-hydrogen) atoms. The molecule has 0 radical (unpaired) electrons. The number of aliphatic hydroxyl groups excluding tert-OH is 2. The molecule has 4 fully saturated rings. The molecule has 7 atom stereocenters. The molecule has 4 aliphatic rings. The van der Waals surface area contributed by atoms with Crippen molar-refractivity contribution in [1.29, 1.82) is 0 Å². The van der Waals surface area contributed by atoms with E-state index in [1.165, 1.54) is 0 Å². The van der Waals surface area contributed by atoms with Gasteiger partial charge in [-0.1, -0.05) is 0 Å². The van der Waals surface area contributed by atoms with Crippen LogP contribution in [0.3, 0.4) is 0 Å². The summed E-state index contributed by atoms with van der Waals surface area (Å²) in [7, 11) is 0. The number of anilines is 1. The number of aliphatic hydroxyl groups is 3. The highest BCUT2D eigenvalue weighted by molar-refractivity contribution is 6.40. The molecule has 4 unspecified atom stereocenters. The normalized spacial score (nSPS) is 30.6. The molecule has 11 heteroatoms. The zero-order valence-electron chi connectivity index (χ0n) is 20.1. The van der Waals surface area contributed by atoms with Crippen LogP contribution in [0, 0.1) is 17.8 Å². The summed E-state index contributed by atoms with van der Waals surface area (Å²) in [6.07, 6.45) is 7.32. The van der Waals surface area contributed by atoms with Crippen molar-refractivity contribution < 1.29 is 24.9 Å². The van der Waals surface area contributed by atoms with E-state index in [9.17, 15) is 24.9 Å². The number of pyridine rings is 1. The molecule has 3 aromatic heterocycles. The smallest absolute Gasteiger partial charge is 0.314 e. The van der Waals surface area contributed by atoms with Gasteiger partial charge in [0.1, 0.15) is 5.82 Å². The van der Waals surface area contributed by atoms with Crippen molar-refractivity contribution in [3.05, 3.63) is 18.5 Å². The van der Waals surface area contributed by atoms with E-state index in [-0.39, 0.29) is 19.1 Å². The van der Waals surface area contributed by atoms with Gasteiger partial charge in [0.05, 0.1) is 41.3 Å². The molecule has 7 rings (SSSR count). The number of amides is 2. The number of aromatic nitrogens is 4. The summed E-state index contributed by atoms with van der Waals surface area (Å²) in [5.41, 5.74) is 0.913. The SMILES string of the molecule is CC(O)C[C@@H](CO)NC(=O)C(=O)Nc1[nH]n(C2[C@@H]3CC4C[C@H]2CC(O)(C4)C3)c2c1cnc1nccc12. The second-order valence-electron chi connectivity index (χ2n) is 11.1. The molecule has 0 spiro atoms. The van der Waals surface area contributed by atoms with Crippen LogP contribution < -0.4 is 10.6 Å². The third-order valence-electron chi connectivity index (χ3n) is 8.36. The second kappa shape index (κ2) is 8.53. The highest BCUT2D eigenvalue weighted by Crippen LogP contribution is 2.60. The van der Waals surface area contributed by atoms with Gasteiger partial charge < -0.3 is 26.0 Å². The Hall–Kier alpha value is -3.02. The summed E-state index contributed by atoms with van der Waals surface area (Å²) in [6.45, 7) is 1.16. The first-order chi connectivity index (χ1) is 17.2. The van der Waals surface area contributed by atoms with Crippen molar-refractivity contribution in [2.45, 2.75) is 69.2 Å². The number of hydrogen-bond acceptors (Lipinski definition) is 7. The summed E-state index contributed by atoms with van der Waals surface area (Å²) < 4.78 is 2.11. The number of carbonyl (C=O) groups excluding carboxylic acids is 2. The number of nitrogens with one attached hydrogen (secondary N) is 3. The Morgan fingerprint density at radius 3 is 2.61 bits per heavy atom. The van der Waals surface area contributed by atoms with Gasteiger partial charge in [-0.05, 0) is 69.3 Å². The summed E-state index contributed by atoms with van der Waals surface area (Å²) in [4.78, 5) is 34.2. The molecule has 11 nitrogen and oxygen atoms in total. The number of rotatable bonds is 6. The average molecular weight is 497 g/mol. The molecule has 4 aliphatic carbocycles. The summed E-state index contributed by atoms with van der Waals surface area (Å²) in [6, 6.07) is 1.30. The monoisotopic (exact) mass is 496 g/mol. The maximum atomic E-state index is 12.8. The van der Waals surface area contributed by atoms with Gasteiger partial charge in [0, 0.05) is 17.8 Å². The Bertz CT molecular complexity index is 1320. The third-order valence-corrected chi connectivity index (χ3v) is 8.36. The van der Waals surface area contributed by atoms with Crippen molar-refractivity contribution in [2.75, 3.05) is 11.9 Å². The second-order valence-corrected chi connectivity index (χ2v) is 11.1. The van der Waals surface area contributed by atoms with Crippen LogP contribution in [0.5, 0.6) is 0 Å². The van der Waals surface area contributed by atoms with Crippen LogP contribution in [0.15, 0.2) is 18.5 Å². The maximum Gasteiger partial charge on any atom is 0.314 e. The fourth-order valence-corrected chi connectivity index (χ4v) is 7.33. The summed E-state index contributed by atoms with van der Waals surface area (Å²) >= 11 is 0. The number of nitrogens with zero attached hydrogens (tertiary/aromatic N) is 3. The zero-order valence-corrected chi connectivity index (χ0v) is 20.1. The molecule has 3 heterocycles. The first-order valence-corrected chi connectivity index (χ1v) is 12.7. The highest BCUT2D eigenvalue weighted by atomic mass is 16.3. The molecule has 0 saturated heterocycles. The van der Waals surface area contributed by atoms with Gasteiger partial charge in [-0.25, -0.2) is 9.97 Å². The van der Waals surface area contributed by atoms with E-state index in [0.717, 1.165) is 43.0 Å². The van der Waals surface area contributed by atoms with E-state index in [4.69, 9.17) is 0 Å². The Morgan fingerprint density at radius 1 is 1.19 bits per heavy atom. The van der Waals surface area contributed by atoms with Crippen molar-refractivity contribution in [2.24, 2.45) is 17.8 Å². The predicted octanol–water partition coefficient (Wildman–Crippen LogP) is 1.21. The molecule has 4 bridgehead atoms. The quantitative estimate of drug-likeness (QED) is 0.279. The number of hydrogen-bond donors (Lipinski definition) is 6. The minimum absolute atomic E-state index is 0.130. The van der Waals surface area contributed by atoms with Crippen LogP contribution in [-0.4, -0.2) is 71.2 Å². The lowest BCUT2D eigenvalue weighted by molar-refractivity contribution is -0.148. The van der Waals surface area contributed by atoms with E-state index >= 15 is 0 Å². The first kappa shape index (κ1) is 23.4. The Morgan fingerprint density at radius 2 is 1.94 bits per heavy atom. The lowest BCUT2D eigenvalue weighted by atomic mass is 9.52. The predicted molar refractivity (Wildman–Crippen MR) is 131 cm³/mol. The third kappa shape index (κ3) is 3.86. The van der Waals surface area contributed by atoms with Crippen molar-refractivity contribution in [3.63, 3.8) is 0 Å². The Labute approximate surface area is 207 Å². The summed E-state index contributed by atoms with van der Waals surface area (Å²) in [5, 5.41) is 40.2. The molecular weight excluding hydrogens is 464 g/mol. The lowest BCUT2D eigenvalue weighted by Crippen LogP contribution is -2.55. The zero-order chi connectivity index (χ0) is 25.2. The molecule has 2 amide bonds. The van der Waals surface area contributed by atoms with E-state index < -0.39 is 29.6 Å². The molecule has 192 valence electrons. The van der Waals surface area contributed by atoms with Gasteiger partial charge >= 0.3 is 11.8 Å². The topological polar surface area (TPSA) is 165 Å². The van der Waals surface area contributed by atoms with Crippen LogP contribution in [0.2, 0.25) is 0 Å². The largest absolute Gasteiger partial charge is 0.394 e. The summed E-state index contributed by atoms with van der Waals surface area (Å²) in [5.74, 6) is -0.228. The molecular formula is C25H32N6O5. The van der Waals surface area contributed by atoms with E-state index in [1.54, 1.807) is 19.3 Å². The van der Waals surface area contributed by atoms with Gasteiger partial charge in [-0.2, -0.15) is 0 Å². The van der Waals surface area contributed by atoms with Crippen LogP contribution in [0.4, 0.5) is 5.82 Å².